The van der Waals surface area contributed by atoms with Crippen LogP contribution in [0.25, 0.3) is 64.6 Å². The van der Waals surface area contributed by atoms with E-state index in [1.165, 1.54) is 75.8 Å². The van der Waals surface area contributed by atoms with Gasteiger partial charge in [-0.05, 0) is 86.9 Å². The molecule has 9 aromatic carbocycles. The van der Waals surface area contributed by atoms with Crippen molar-refractivity contribution in [2.75, 3.05) is 0 Å². The average Bonchev–Trinajstić information content (AvgIpc) is 3.88. The van der Waals surface area contributed by atoms with E-state index >= 15 is 0 Å². The molecule has 0 spiro atoms. The van der Waals surface area contributed by atoms with Crippen LogP contribution in [0.2, 0.25) is 0 Å². The highest BCUT2D eigenvalue weighted by Gasteiger charge is 2.14. The maximum atomic E-state index is 6.02. The Kier molecular flexibility index (Phi) is 6.95. The molecule has 0 radical (unpaired) electrons. The lowest BCUT2D eigenvalue weighted by Gasteiger charge is -2.13. The molecule has 0 atom stereocenters. The predicted molar refractivity (Wildman–Crippen MR) is 214 cm³/mol. The molecule has 258 valence electrons. The number of aromatic nitrogens is 6. The molecule has 0 aliphatic heterocycles. The van der Waals surface area contributed by atoms with Gasteiger partial charge in [0.2, 0.25) is 0 Å². The summed E-state index contributed by atoms with van der Waals surface area (Å²) in [7, 11) is 0. The summed E-state index contributed by atoms with van der Waals surface area (Å²) in [5.41, 5.74) is 4.45. The molecule has 0 unspecified atom stereocenters. The van der Waals surface area contributed by atoms with Gasteiger partial charge in [-0.3, -0.25) is 0 Å². The van der Waals surface area contributed by atoms with Gasteiger partial charge in [0, 0.05) is 0 Å². The third-order valence-corrected chi connectivity index (χ3v) is 10.7. The largest absolute Gasteiger partial charge is 0.471 e. The second kappa shape index (κ2) is 12.3. The van der Waals surface area contributed by atoms with E-state index in [2.05, 4.69) is 130 Å². The first-order valence-corrected chi connectivity index (χ1v) is 18.1. The van der Waals surface area contributed by atoms with Gasteiger partial charge in [-0.15, -0.1) is 0 Å². The normalized spacial score (nSPS) is 12.0. The van der Waals surface area contributed by atoms with Crippen LogP contribution in [0.1, 0.15) is 22.3 Å². The fourth-order valence-corrected chi connectivity index (χ4v) is 8.11. The smallest absolute Gasteiger partial charge is 0.253 e. The average molecular weight is 701 g/mol. The molecule has 0 saturated heterocycles. The molecular weight excluding hydrogens is 669 g/mol. The Bertz CT molecular complexity index is 2890. The van der Waals surface area contributed by atoms with Crippen molar-refractivity contribution >= 4 is 64.6 Å². The molecule has 2 aromatic heterocycles. The van der Waals surface area contributed by atoms with Crippen LogP contribution in [0.15, 0.2) is 146 Å². The standard InChI is InChI=1S/C46H32N6O2/c1-3-31-11-13-35-15-17-37(39-21-19-33(5-1)43(31)45(35)39)23-51-25-41(47-49-51)53-27-29-7-9-30(10-8-29)28-54-42-26-52(50-48-42)24-38-18-16-36-14-12-32-4-2-6-34-20-22-40(38)46(36)44(32)34/h1-22,25-26H,23-24,27-28H2. The lowest BCUT2D eigenvalue weighted by atomic mass is 9.92. The molecule has 0 N–H and O–H groups in total. The molecule has 0 fully saturated rings. The van der Waals surface area contributed by atoms with Gasteiger partial charge in [-0.25, -0.2) is 9.36 Å². The summed E-state index contributed by atoms with van der Waals surface area (Å²) in [4.78, 5) is 0. The number of ether oxygens (including phenoxy) is 2. The van der Waals surface area contributed by atoms with Crippen LogP contribution in [-0.2, 0) is 26.3 Å². The summed E-state index contributed by atoms with van der Waals surface area (Å²) >= 11 is 0. The molecule has 54 heavy (non-hydrogen) atoms. The molecule has 11 rings (SSSR count). The summed E-state index contributed by atoms with van der Waals surface area (Å²) in [6.07, 6.45) is 3.72. The van der Waals surface area contributed by atoms with Crippen molar-refractivity contribution in [3.05, 3.63) is 168 Å². The minimum atomic E-state index is 0.385. The lowest BCUT2D eigenvalue weighted by molar-refractivity contribution is 0.290. The summed E-state index contributed by atoms with van der Waals surface area (Å²) in [6.45, 7) is 1.98. The van der Waals surface area contributed by atoms with Crippen LogP contribution in [0.3, 0.4) is 0 Å². The van der Waals surface area contributed by atoms with Crippen molar-refractivity contribution in [3.8, 4) is 11.8 Å². The van der Waals surface area contributed by atoms with Crippen LogP contribution in [-0.4, -0.2) is 30.0 Å². The predicted octanol–water partition coefficient (Wildman–Crippen LogP) is 9.92. The third-order valence-electron chi connectivity index (χ3n) is 10.7. The summed E-state index contributed by atoms with van der Waals surface area (Å²) in [6, 6.07) is 47.6. The van der Waals surface area contributed by atoms with Crippen LogP contribution in [0.4, 0.5) is 0 Å². The first kappa shape index (κ1) is 30.6. The second-order valence-corrected chi connectivity index (χ2v) is 14.1. The molecule has 0 aliphatic rings. The number of nitrogens with zero attached hydrogens (tertiary/aromatic N) is 6. The number of hydrogen-bond acceptors (Lipinski definition) is 6. The van der Waals surface area contributed by atoms with Gasteiger partial charge >= 0.3 is 0 Å². The van der Waals surface area contributed by atoms with Crippen LogP contribution < -0.4 is 9.47 Å². The Balaban J connectivity index is 0.721. The Labute approximate surface area is 309 Å². The fourth-order valence-electron chi connectivity index (χ4n) is 8.11. The van der Waals surface area contributed by atoms with E-state index in [-0.39, 0.29) is 0 Å². The molecule has 0 bridgehead atoms. The van der Waals surface area contributed by atoms with Gasteiger partial charge in [0.05, 0.1) is 25.5 Å². The van der Waals surface area contributed by atoms with Gasteiger partial charge in [-0.2, -0.15) is 0 Å². The molecule has 0 aliphatic carbocycles. The highest BCUT2D eigenvalue weighted by Crippen LogP contribution is 2.37. The Morgan fingerprint density at radius 3 is 1.19 bits per heavy atom. The topological polar surface area (TPSA) is 79.9 Å². The van der Waals surface area contributed by atoms with E-state index in [0.29, 0.717) is 38.1 Å². The van der Waals surface area contributed by atoms with E-state index in [0.717, 1.165) is 11.1 Å². The quantitative estimate of drug-likeness (QED) is 0.132. The van der Waals surface area contributed by atoms with Crippen molar-refractivity contribution in [1.29, 1.82) is 0 Å². The van der Waals surface area contributed by atoms with E-state index in [4.69, 9.17) is 9.47 Å². The third kappa shape index (κ3) is 5.22. The van der Waals surface area contributed by atoms with Crippen molar-refractivity contribution in [3.63, 3.8) is 0 Å². The van der Waals surface area contributed by atoms with Crippen LogP contribution in [0, 0.1) is 0 Å². The number of rotatable bonds is 10. The first-order chi connectivity index (χ1) is 26.7. The second-order valence-electron chi connectivity index (χ2n) is 14.1. The monoisotopic (exact) mass is 700 g/mol. The summed E-state index contributed by atoms with van der Waals surface area (Å²) < 4.78 is 15.7. The zero-order valence-electron chi connectivity index (χ0n) is 29.2. The fraction of sp³-hybridized carbons (Fsp3) is 0.0870. The SMILES string of the molecule is c1cc2ccc3ccc(Cn4cc(OCc5ccc(COc6cn(Cc7ccc8ccc9cccc%10ccc7c8c9%10)nn6)cc5)nn4)c4ccc(c1)c2c34. The van der Waals surface area contributed by atoms with E-state index in [9.17, 15) is 0 Å². The molecule has 0 amide bonds. The Morgan fingerprint density at radius 1 is 0.389 bits per heavy atom. The Hall–Kier alpha value is -7.06. The molecular formula is C46H32N6O2. The molecule has 0 saturated carbocycles. The van der Waals surface area contributed by atoms with E-state index in [1.54, 1.807) is 0 Å². The Morgan fingerprint density at radius 2 is 0.759 bits per heavy atom. The van der Waals surface area contributed by atoms with Gasteiger partial charge in [-0.1, -0.05) is 154 Å². The van der Waals surface area contributed by atoms with E-state index in [1.807, 2.05) is 46.0 Å². The van der Waals surface area contributed by atoms with Crippen LogP contribution >= 0.6 is 0 Å². The molecule has 8 heteroatoms. The minimum absolute atomic E-state index is 0.385. The van der Waals surface area contributed by atoms with E-state index < -0.39 is 0 Å². The zero-order valence-corrected chi connectivity index (χ0v) is 29.2. The molecule has 11 aromatic rings. The van der Waals surface area contributed by atoms with Crippen molar-refractivity contribution < 1.29 is 9.47 Å². The van der Waals surface area contributed by atoms with Gasteiger partial charge < -0.3 is 9.47 Å². The maximum absolute atomic E-state index is 6.02. The maximum Gasteiger partial charge on any atom is 0.253 e. The van der Waals surface area contributed by atoms with Crippen molar-refractivity contribution in [2.45, 2.75) is 26.3 Å². The summed E-state index contributed by atoms with van der Waals surface area (Å²) in [5.74, 6) is 0.982. The highest BCUT2D eigenvalue weighted by molar-refractivity contribution is 6.24. The van der Waals surface area contributed by atoms with Gasteiger partial charge in [0.15, 0.2) is 0 Å². The van der Waals surface area contributed by atoms with Gasteiger partial charge in [0.1, 0.15) is 13.2 Å². The number of hydrogen-bond donors (Lipinski definition) is 0. The van der Waals surface area contributed by atoms with Crippen LogP contribution in [0.5, 0.6) is 11.8 Å². The number of benzene rings is 9. The molecule has 2 heterocycles. The zero-order chi connectivity index (χ0) is 35.6. The highest BCUT2D eigenvalue weighted by atomic mass is 16.5. The molecule has 8 nitrogen and oxygen atoms in total. The lowest BCUT2D eigenvalue weighted by Crippen LogP contribution is -2.01. The van der Waals surface area contributed by atoms with Gasteiger partial charge in [0.25, 0.3) is 11.8 Å². The first-order valence-electron chi connectivity index (χ1n) is 18.1. The van der Waals surface area contributed by atoms with Crippen molar-refractivity contribution in [2.24, 2.45) is 0 Å². The van der Waals surface area contributed by atoms with Crippen molar-refractivity contribution in [1.82, 2.24) is 30.0 Å². The minimum Gasteiger partial charge on any atom is -0.471 e. The summed E-state index contributed by atoms with van der Waals surface area (Å²) in [5, 5.41) is 32.6.